The maximum Gasteiger partial charge on any atom is 0.256 e. The average molecular weight is 285 g/mol. The van der Waals surface area contributed by atoms with E-state index in [-0.39, 0.29) is 12.5 Å². The minimum Gasteiger partial charge on any atom is -0.384 e. The molecule has 2 aromatic rings. The van der Waals surface area contributed by atoms with Crippen molar-refractivity contribution in [2.24, 2.45) is 0 Å². The molecule has 0 aliphatic carbocycles. The zero-order valence-corrected chi connectivity index (χ0v) is 12.2. The van der Waals surface area contributed by atoms with E-state index in [2.05, 4.69) is 17.2 Å². The van der Waals surface area contributed by atoms with Gasteiger partial charge in [0.05, 0.1) is 10.4 Å². The van der Waals surface area contributed by atoms with Crippen LogP contribution in [0.3, 0.4) is 0 Å². The van der Waals surface area contributed by atoms with E-state index in [9.17, 15) is 4.79 Å². The van der Waals surface area contributed by atoms with Crippen molar-refractivity contribution in [1.29, 1.82) is 0 Å². The molecule has 0 bridgehead atoms. The summed E-state index contributed by atoms with van der Waals surface area (Å²) in [5.74, 6) is 5.21. The Hall–Kier alpha value is -2.09. The van der Waals surface area contributed by atoms with E-state index in [0.717, 1.165) is 21.7 Å². The Kier molecular flexibility index (Phi) is 4.57. The van der Waals surface area contributed by atoms with Gasteiger partial charge in [-0.15, -0.1) is 11.3 Å². The molecule has 0 saturated heterocycles. The quantitative estimate of drug-likeness (QED) is 0.833. The van der Waals surface area contributed by atoms with Crippen LogP contribution in [0.15, 0.2) is 29.6 Å². The van der Waals surface area contributed by atoms with E-state index < -0.39 is 0 Å². The van der Waals surface area contributed by atoms with Crippen LogP contribution in [0.5, 0.6) is 0 Å². The van der Waals surface area contributed by atoms with Gasteiger partial charge in [-0.05, 0) is 37.1 Å². The fourth-order valence-corrected chi connectivity index (χ4v) is 2.47. The normalized spacial score (nSPS) is 9.75. The number of hydrogen-bond acceptors (Lipinski definition) is 3. The third kappa shape index (κ3) is 3.47. The van der Waals surface area contributed by atoms with Crippen LogP contribution in [0.4, 0.5) is 5.69 Å². The zero-order valence-electron chi connectivity index (χ0n) is 11.4. The fraction of sp³-hybridized carbons (Fsp3) is 0.188. The zero-order chi connectivity index (χ0) is 14.5. The van der Waals surface area contributed by atoms with E-state index in [1.165, 1.54) is 11.3 Å². The highest BCUT2D eigenvalue weighted by atomic mass is 32.1. The molecule has 20 heavy (non-hydrogen) atoms. The van der Waals surface area contributed by atoms with Crippen LogP contribution in [-0.2, 0) is 0 Å². The van der Waals surface area contributed by atoms with Gasteiger partial charge in [0.1, 0.15) is 6.61 Å². The summed E-state index contributed by atoms with van der Waals surface area (Å²) in [6.07, 6.45) is 0. The molecule has 3 nitrogen and oxygen atoms in total. The Bertz CT molecular complexity index is 692. The number of rotatable bonds is 2. The standard InChI is InChI=1S/C16H15NO2S/c1-11-5-6-12(2)15(8-11)17-16(19)13-9-14(20-10-13)4-3-7-18/h5-6,8-10,18H,7H2,1-2H3,(H,17,19). The number of carbonyl (C=O) groups excluding carboxylic acids is 1. The predicted octanol–water partition coefficient (Wildman–Crippen LogP) is 2.96. The van der Waals surface area contributed by atoms with Gasteiger partial charge in [0.2, 0.25) is 0 Å². The molecule has 2 N–H and O–H groups in total. The highest BCUT2D eigenvalue weighted by molar-refractivity contribution is 7.10. The number of aliphatic hydroxyl groups excluding tert-OH is 1. The summed E-state index contributed by atoms with van der Waals surface area (Å²) < 4.78 is 0. The lowest BCUT2D eigenvalue weighted by atomic mass is 10.1. The van der Waals surface area contributed by atoms with Gasteiger partial charge >= 0.3 is 0 Å². The largest absolute Gasteiger partial charge is 0.384 e. The Balaban J connectivity index is 2.15. The molecule has 0 aliphatic rings. The number of hydrogen-bond donors (Lipinski definition) is 2. The molecule has 0 fully saturated rings. The van der Waals surface area contributed by atoms with Crippen LogP contribution in [-0.4, -0.2) is 17.6 Å². The van der Waals surface area contributed by atoms with Crippen molar-refractivity contribution in [3.8, 4) is 11.8 Å². The summed E-state index contributed by atoms with van der Waals surface area (Å²) in [7, 11) is 0. The molecule has 4 heteroatoms. The molecule has 0 atom stereocenters. The highest BCUT2D eigenvalue weighted by Gasteiger charge is 2.09. The van der Waals surface area contributed by atoms with Gasteiger partial charge in [-0.1, -0.05) is 24.0 Å². The van der Waals surface area contributed by atoms with Crippen molar-refractivity contribution in [1.82, 2.24) is 0 Å². The third-order valence-corrected chi connectivity index (χ3v) is 3.64. The maximum atomic E-state index is 12.2. The lowest BCUT2D eigenvalue weighted by Crippen LogP contribution is -2.11. The fourth-order valence-electron chi connectivity index (χ4n) is 1.71. The first kappa shape index (κ1) is 14.3. The second-order valence-corrected chi connectivity index (χ2v) is 5.34. The monoisotopic (exact) mass is 285 g/mol. The van der Waals surface area contributed by atoms with Gasteiger partial charge < -0.3 is 10.4 Å². The molecule has 0 radical (unpaired) electrons. The second-order valence-electron chi connectivity index (χ2n) is 4.43. The molecule has 0 aliphatic heterocycles. The van der Waals surface area contributed by atoms with E-state index in [1.54, 1.807) is 11.4 Å². The second kappa shape index (κ2) is 6.38. The van der Waals surface area contributed by atoms with Crippen molar-refractivity contribution < 1.29 is 9.90 Å². The van der Waals surface area contributed by atoms with Crippen LogP contribution in [0.25, 0.3) is 0 Å². The van der Waals surface area contributed by atoms with Gasteiger partial charge in [0.15, 0.2) is 0 Å². The van der Waals surface area contributed by atoms with Crippen LogP contribution in [0.2, 0.25) is 0 Å². The van der Waals surface area contributed by atoms with Gasteiger partial charge in [-0.25, -0.2) is 0 Å². The Labute approximate surface area is 122 Å². The first-order valence-corrected chi connectivity index (χ1v) is 7.05. The molecule has 1 amide bonds. The van der Waals surface area contributed by atoms with Crippen molar-refractivity contribution in [3.05, 3.63) is 51.2 Å². The van der Waals surface area contributed by atoms with Gasteiger partial charge in [0.25, 0.3) is 5.91 Å². The SMILES string of the molecule is Cc1ccc(C)c(NC(=O)c2csc(C#CCO)c2)c1. The molecular weight excluding hydrogens is 270 g/mol. The van der Waals surface area contributed by atoms with E-state index in [0.29, 0.717) is 5.56 Å². The number of amides is 1. The van der Waals surface area contributed by atoms with E-state index >= 15 is 0 Å². The van der Waals surface area contributed by atoms with Crippen LogP contribution in [0, 0.1) is 25.7 Å². The predicted molar refractivity (Wildman–Crippen MR) is 82.2 cm³/mol. The van der Waals surface area contributed by atoms with Crippen LogP contribution in [0.1, 0.15) is 26.4 Å². The van der Waals surface area contributed by atoms with Crippen LogP contribution >= 0.6 is 11.3 Å². The summed E-state index contributed by atoms with van der Waals surface area (Å²) in [6.45, 7) is 3.77. The summed E-state index contributed by atoms with van der Waals surface area (Å²) in [5, 5.41) is 13.3. The first-order valence-electron chi connectivity index (χ1n) is 6.17. The number of nitrogens with one attached hydrogen (secondary N) is 1. The first-order chi connectivity index (χ1) is 9.60. The van der Waals surface area contributed by atoms with Gasteiger partial charge in [0, 0.05) is 11.1 Å². The molecule has 0 saturated carbocycles. The maximum absolute atomic E-state index is 12.2. The molecule has 102 valence electrons. The summed E-state index contributed by atoms with van der Waals surface area (Å²) in [6, 6.07) is 7.68. The van der Waals surface area contributed by atoms with Gasteiger partial charge in [-0.2, -0.15) is 0 Å². The summed E-state index contributed by atoms with van der Waals surface area (Å²) in [4.78, 5) is 12.9. The molecule has 0 unspecified atom stereocenters. The lowest BCUT2D eigenvalue weighted by molar-refractivity contribution is 0.102. The number of thiophene rings is 1. The molecule has 1 aromatic carbocycles. The topological polar surface area (TPSA) is 49.3 Å². The molecular formula is C16H15NO2S. The molecule has 1 aromatic heterocycles. The van der Waals surface area contributed by atoms with Crippen molar-refractivity contribution >= 4 is 22.9 Å². The average Bonchev–Trinajstić information content (AvgIpc) is 2.89. The third-order valence-electron chi connectivity index (χ3n) is 2.79. The molecule has 1 heterocycles. The number of aliphatic hydroxyl groups is 1. The van der Waals surface area contributed by atoms with Crippen molar-refractivity contribution in [2.45, 2.75) is 13.8 Å². The minimum atomic E-state index is -0.179. The number of aryl methyl sites for hydroxylation is 2. The Morgan fingerprint density at radius 3 is 2.90 bits per heavy atom. The van der Waals surface area contributed by atoms with Crippen molar-refractivity contribution in [2.75, 3.05) is 11.9 Å². The summed E-state index contributed by atoms with van der Waals surface area (Å²) >= 11 is 1.39. The number of benzene rings is 1. The Morgan fingerprint density at radius 2 is 2.15 bits per heavy atom. The van der Waals surface area contributed by atoms with Gasteiger partial charge in [-0.3, -0.25) is 4.79 Å². The van der Waals surface area contributed by atoms with Crippen molar-refractivity contribution in [3.63, 3.8) is 0 Å². The summed E-state index contributed by atoms with van der Waals surface area (Å²) in [5.41, 5.74) is 3.53. The smallest absolute Gasteiger partial charge is 0.256 e. The molecule has 0 spiro atoms. The van der Waals surface area contributed by atoms with E-state index in [4.69, 9.17) is 5.11 Å². The van der Waals surface area contributed by atoms with Crippen LogP contribution < -0.4 is 5.32 Å². The van der Waals surface area contributed by atoms with E-state index in [1.807, 2.05) is 32.0 Å². The molecule has 2 rings (SSSR count). The Morgan fingerprint density at radius 1 is 1.35 bits per heavy atom. The highest BCUT2D eigenvalue weighted by Crippen LogP contribution is 2.19. The lowest BCUT2D eigenvalue weighted by Gasteiger charge is -2.08. The number of carbonyl (C=O) groups is 1. The number of anilines is 1. The minimum absolute atomic E-state index is 0.146.